The van der Waals surface area contributed by atoms with Gasteiger partial charge in [-0.15, -0.1) is 0 Å². The summed E-state index contributed by atoms with van der Waals surface area (Å²) in [7, 11) is 1.54. The third kappa shape index (κ3) is 2.98. The van der Waals surface area contributed by atoms with Gasteiger partial charge in [0.05, 0.1) is 30.2 Å². The molecule has 7 heteroatoms. The first-order valence-electron chi connectivity index (χ1n) is 5.49. The minimum Gasteiger partial charge on any atom is -0.480 e. The number of ether oxygens (including phenoxy) is 2. The van der Waals surface area contributed by atoms with Crippen LogP contribution in [0.4, 0.5) is 0 Å². The molecular formula is C11H13BrN4O2. The lowest BCUT2D eigenvalue weighted by Crippen LogP contribution is -1.96. The minimum atomic E-state index is 0.228. The Hall–Kier alpha value is -1.63. The van der Waals surface area contributed by atoms with E-state index < -0.39 is 0 Å². The number of methoxy groups -OCH3 is 1. The van der Waals surface area contributed by atoms with Crippen molar-refractivity contribution in [1.82, 2.24) is 19.7 Å². The highest BCUT2D eigenvalue weighted by molar-refractivity contribution is 9.10. The smallest absolute Gasteiger partial charge is 0.325 e. The van der Waals surface area contributed by atoms with Crippen LogP contribution in [0.5, 0.6) is 17.6 Å². The zero-order chi connectivity index (χ0) is 13.0. The van der Waals surface area contributed by atoms with Gasteiger partial charge in [0.1, 0.15) is 0 Å². The summed E-state index contributed by atoms with van der Waals surface area (Å²) in [6, 6.07) is 0.228. The van der Waals surface area contributed by atoms with E-state index in [1.54, 1.807) is 18.6 Å². The second kappa shape index (κ2) is 5.81. The molecule has 0 amide bonds. The Balaban J connectivity index is 2.12. The van der Waals surface area contributed by atoms with E-state index in [-0.39, 0.29) is 6.01 Å². The molecule has 96 valence electrons. The molecule has 0 saturated heterocycles. The number of aromatic nitrogens is 4. The fraction of sp³-hybridized carbons (Fsp3) is 0.364. The molecule has 0 N–H and O–H groups in total. The second-order valence-corrected chi connectivity index (χ2v) is 4.41. The second-order valence-electron chi connectivity index (χ2n) is 3.55. The summed E-state index contributed by atoms with van der Waals surface area (Å²) in [4.78, 5) is 8.14. The van der Waals surface area contributed by atoms with E-state index in [9.17, 15) is 0 Å². The van der Waals surface area contributed by atoms with Crippen molar-refractivity contribution >= 4 is 15.9 Å². The molecule has 0 unspecified atom stereocenters. The summed E-state index contributed by atoms with van der Waals surface area (Å²) in [5, 5.41) is 4.16. The van der Waals surface area contributed by atoms with E-state index in [1.807, 2.05) is 4.68 Å². The molecule has 0 aromatic carbocycles. The maximum atomic E-state index is 5.50. The quantitative estimate of drug-likeness (QED) is 0.849. The Morgan fingerprint density at radius 1 is 1.39 bits per heavy atom. The van der Waals surface area contributed by atoms with E-state index in [0.29, 0.717) is 16.1 Å². The van der Waals surface area contributed by atoms with Crippen LogP contribution in [-0.4, -0.2) is 26.9 Å². The third-order valence-corrected chi connectivity index (χ3v) is 2.70. The van der Waals surface area contributed by atoms with Crippen molar-refractivity contribution < 1.29 is 9.47 Å². The van der Waals surface area contributed by atoms with Crippen molar-refractivity contribution in [1.29, 1.82) is 0 Å². The number of hydrogen-bond donors (Lipinski definition) is 0. The fourth-order valence-electron chi connectivity index (χ4n) is 1.38. The van der Waals surface area contributed by atoms with Gasteiger partial charge in [0.2, 0.25) is 5.88 Å². The Kier molecular flexibility index (Phi) is 4.14. The lowest BCUT2D eigenvalue weighted by molar-refractivity contribution is 0.373. The lowest BCUT2D eigenvalue weighted by Gasteiger charge is -2.04. The van der Waals surface area contributed by atoms with Crippen molar-refractivity contribution in [2.24, 2.45) is 0 Å². The van der Waals surface area contributed by atoms with Gasteiger partial charge in [-0.3, -0.25) is 4.68 Å². The van der Waals surface area contributed by atoms with Gasteiger partial charge in [-0.05, 0) is 22.4 Å². The third-order valence-electron chi connectivity index (χ3n) is 2.15. The minimum absolute atomic E-state index is 0.228. The Bertz CT molecular complexity index is 530. The number of rotatable bonds is 5. The summed E-state index contributed by atoms with van der Waals surface area (Å²) in [5.41, 5.74) is 0. The highest BCUT2D eigenvalue weighted by Crippen LogP contribution is 2.25. The summed E-state index contributed by atoms with van der Waals surface area (Å²) < 4.78 is 13.1. The van der Waals surface area contributed by atoms with E-state index in [0.717, 1.165) is 13.0 Å². The van der Waals surface area contributed by atoms with E-state index in [1.165, 1.54) is 7.11 Å². The van der Waals surface area contributed by atoms with E-state index in [4.69, 9.17) is 9.47 Å². The van der Waals surface area contributed by atoms with Gasteiger partial charge >= 0.3 is 6.01 Å². The molecule has 0 saturated carbocycles. The van der Waals surface area contributed by atoms with E-state index >= 15 is 0 Å². The predicted octanol–water partition coefficient (Wildman–Crippen LogP) is 2.65. The highest BCUT2D eigenvalue weighted by atomic mass is 79.9. The van der Waals surface area contributed by atoms with Gasteiger partial charge in [0.25, 0.3) is 0 Å². The molecule has 2 aromatic rings. The summed E-state index contributed by atoms with van der Waals surface area (Å²) in [6.07, 6.45) is 6.04. The monoisotopic (exact) mass is 312 g/mol. The van der Waals surface area contributed by atoms with Gasteiger partial charge in [-0.2, -0.15) is 10.1 Å². The molecule has 2 heterocycles. The van der Waals surface area contributed by atoms with Crippen LogP contribution < -0.4 is 9.47 Å². The Morgan fingerprint density at radius 3 is 2.94 bits per heavy atom. The first kappa shape index (κ1) is 12.8. The van der Waals surface area contributed by atoms with Gasteiger partial charge in [0.15, 0.2) is 5.75 Å². The Morgan fingerprint density at radius 2 is 2.22 bits per heavy atom. The van der Waals surface area contributed by atoms with Crippen molar-refractivity contribution in [2.45, 2.75) is 19.9 Å². The lowest BCUT2D eigenvalue weighted by atomic mass is 10.5. The molecule has 18 heavy (non-hydrogen) atoms. The predicted molar refractivity (Wildman–Crippen MR) is 68.9 cm³/mol. The zero-order valence-electron chi connectivity index (χ0n) is 10.1. The van der Waals surface area contributed by atoms with Crippen molar-refractivity contribution in [2.75, 3.05) is 7.11 Å². The first-order chi connectivity index (χ1) is 8.72. The molecular weight excluding hydrogens is 300 g/mol. The van der Waals surface area contributed by atoms with Gasteiger partial charge < -0.3 is 9.47 Å². The molecule has 0 aliphatic heterocycles. The number of aryl methyl sites for hydroxylation is 1. The van der Waals surface area contributed by atoms with Crippen LogP contribution >= 0.6 is 15.9 Å². The van der Waals surface area contributed by atoms with Crippen molar-refractivity contribution in [3.63, 3.8) is 0 Å². The average molecular weight is 313 g/mol. The SMILES string of the molecule is CCCn1cc(Oc2ncc(Br)c(OC)n2)cn1. The number of hydrogen-bond acceptors (Lipinski definition) is 5. The Labute approximate surface area is 113 Å². The molecule has 0 fully saturated rings. The average Bonchev–Trinajstić information content (AvgIpc) is 2.80. The van der Waals surface area contributed by atoms with Crippen LogP contribution in [0.1, 0.15) is 13.3 Å². The van der Waals surface area contributed by atoms with Crippen LogP contribution in [0, 0.1) is 0 Å². The van der Waals surface area contributed by atoms with Crippen LogP contribution in [0.3, 0.4) is 0 Å². The van der Waals surface area contributed by atoms with Crippen molar-refractivity contribution in [3.05, 3.63) is 23.1 Å². The van der Waals surface area contributed by atoms with Gasteiger partial charge in [-0.25, -0.2) is 4.98 Å². The maximum Gasteiger partial charge on any atom is 0.325 e. The molecule has 0 bridgehead atoms. The van der Waals surface area contributed by atoms with Crippen LogP contribution in [0.15, 0.2) is 23.1 Å². The standard InChI is InChI=1S/C11H13BrN4O2/c1-3-4-16-7-8(5-14-16)18-11-13-6-9(12)10(15-11)17-2/h5-7H,3-4H2,1-2H3. The van der Waals surface area contributed by atoms with Crippen LogP contribution in [0.25, 0.3) is 0 Å². The fourth-order valence-corrected chi connectivity index (χ4v) is 1.74. The highest BCUT2D eigenvalue weighted by Gasteiger charge is 2.08. The summed E-state index contributed by atoms with van der Waals surface area (Å²) >= 11 is 3.28. The molecule has 0 aliphatic rings. The number of nitrogens with zero attached hydrogens (tertiary/aromatic N) is 4. The topological polar surface area (TPSA) is 62.1 Å². The molecule has 0 aliphatic carbocycles. The van der Waals surface area contributed by atoms with Gasteiger partial charge in [-0.1, -0.05) is 6.92 Å². The largest absolute Gasteiger partial charge is 0.480 e. The molecule has 0 spiro atoms. The summed E-state index contributed by atoms with van der Waals surface area (Å²) in [5.74, 6) is 1.04. The number of halogens is 1. The molecule has 2 aromatic heterocycles. The van der Waals surface area contributed by atoms with Gasteiger partial charge in [0, 0.05) is 6.54 Å². The summed E-state index contributed by atoms with van der Waals surface area (Å²) in [6.45, 7) is 2.94. The molecule has 6 nitrogen and oxygen atoms in total. The molecule has 0 radical (unpaired) electrons. The first-order valence-corrected chi connectivity index (χ1v) is 6.29. The van der Waals surface area contributed by atoms with Crippen molar-refractivity contribution in [3.8, 4) is 17.6 Å². The van der Waals surface area contributed by atoms with Crippen LogP contribution in [0.2, 0.25) is 0 Å². The molecule has 2 rings (SSSR count). The van der Waals surface area contributed by atoms with Crippen LogP contribution in [-0.2, 0) is 6.54 Å². The molecule has 0 atom stereocenters. The normalized spacial score (nSPS) is 10.4. The van der Waals surface area contributed by atoms with E-state index in [2.05, 4.69) is 37.9 Å². The maximum absolute atomic E-state index is 5.50. The zero-order valence-corrected chi connectivity index (χ0v) is 11.7.